The maximum atomic E-state index is 11.5. The van der Waals surface area contributed by atoms with Gasteiger partial charge < -0.3 is 5.11 Å². The molecule has 0 aliphatic carbocycles. The van der Waals surface area contributed by atoms with Gasteiger partial charge in [0, 0.05) is 6.04 Å². The van der Waals surface area contributed by atoms with Gasteiger partial charge in [-0.05, 0) is 31.8 Å². The maximum Gasteiger partial charge on any atom is 0.216 e. The lowest BCUT2D eigenvalue weighted by molar-refractivity contribution is 0.294. The van der Waals surface area contributed by atoms with Gasteiger partial charge in [0.1, 0.15) is 0 Å². The molecule has 0 heterocycles. The first-order valence-corrected chi connectivity index (χ1v) is 7.83. The first kappa shape index (κ1) is 15.2. The standard InChI is InChI=1S/C9H21NO3S2/c1-4-14-6-5-8(2)10-15(12,13)9(3)7-11/h8-11H,4-7H2,1-3H3. The molecule has 0 aromatic rings. The number of aliphatic hydroxyl groups excluding tert-OH is 1. The molecule has 0 fully saturated rings. The zero-order valence-corrected chi connectivity index (χ0v) is 11.2. The Kier molecular flexibility index (Phi) is 7.60. The molecule has 15 heavy (non-hydrogen) atoms. The van der Waals surface area contributed by atoms with E-state index in [9.17, 15) is 8.42 Å². The molecule has 0 saturated heterocycles. The first-order valence-electron chi connectivity index (χ1n) is 5.13. The lowest BCUT2D eigenvalue weighted by Gasteiger charge is -2.16. The molecule has 0 rings (SSSR count). The summed E-state index contributed by atoms with van der Waals surface area (Å²) in [4.78, 5) is 0. The van der Waals surface area contributed by atoms with Crippen LogP contribution in [0.4, 0.5) is 0 Å². The van der Waals surface area contributed by atoms with Crippen LogP contribution in [0.5, 0.6) is 0 Å². The van der Waals surface area contributed by atoms with Crippen LogP contribution >= 0.6 is 11.8 Å². The smallest absolute Gasteiger partial charge is 0.216 e. The Morgan fingerprint density at radius 3 is 2.47 bits per heavy atom. The molecule has 0 aliphatic rings. The fourth-order valence-corrected chi connectivity index (χ4v) is 2.87. The number of hydrogen-bond acceptors (Lipinski definition) is 4. The Bertz CT molecular complexity index is 254. The highest BCUT2D eigenvalue weighted by Gasteiger charge is 2.21. The molecule has 0 amide bonds. The fourth-order valence-electron chi connectivity index (χ4n) is 0.958. The molecule has 0 aromatic carbocycles. The molecule has 0 radical (unpaired) electrons. The average molecular weight is 255 g/mol. The van der Waals surface area contributed by atoms with E-state index in [1.807, 2.05) is 6.92 Å². The van der Waals surface area contributed by atoms with Crippen molar-refractivity contribution < 1.29 is 13.5 Å². The Labute approximate surface area is 96.9 Å². The van der Waals surface area contributed by atoms with Crippen molar-refractivity contribution in [2.45, 2.75) is 38.5 Å². The van der Waals surface area contributed by atoms with E-state index in [4.69, 9.17) is 5.11 Å². The van der Waals surface area contributed by atoms with Gasteiger partial charge in [0.2, 0.25) is 10.0 Å². The molecule has 6 heteroatoms. The van der Waals surface area contributed by atoms with Gasteiger partial charge in [-0.25, -0.2) is 13.1 Å². The predicted octanol–water partition coefficient (Wildman–Crippen LogP) is 0.818. The summed E-state index contributed by atoms with van der Waals surface area (Å²) in [7, 11) is -3.36. The van der Waals surface area contributed by atoms with E-state index in [-0.39, 0.29) is 12.6 Å². The van der Waals surface area contributed by atoms with Crippen LogP contribution in [-0.4, -0.2) is 42.9 Å². The second-order valence-electron chi connectivity index (χ2n) is 3.54. The van der Waals surface area contributed by atoms with Crippen molar-refractivity contribution >= 4 is 21.8 Å². The van der Waals surface area contributed by atoms with Gasteiger partial charge in [0.05, 0.1) is 11.9 Å². The summed E-state index contributed by atoms with van der Waals surface area (Å²) in [5.74, 6) is 2.00. The zero-order chi connectivity index (χ0) is 11.9. The third-order valence-electron chi connectivity index (χ3n) is 2.05. The van der Waals surface area contributed by atoms with E-state index in [1.54, 1.807) is 11.8 Å². The Balaban J connectivity index is 3.99. The largest absolute Gasteiger partial charge is 0.395 e. The molecule has 92 valence electrons. The summed E-state index contributed by atoms with van der Waals surface area (Å²) < 4.78 is 25.6. The second-order valence-corrected chi connectivity index (χ2v) is 7.07. The van der Waals surface area contributed by atoms with Crippen molar-refractivity contribution in [2.24, 2.45) is 0 Å². The van der Waals surface area contributed by atoms with Crippen LogP contribution in [-0.2, 0) is 10.0 Å². The van der Waals surface area contributed by atoms with Crippen molar-refractivity contribution in [3.05, 3.63) is 0 Å². The SMILES string of the molecule is CCSCCC(C)NS(=O)(=O)C(C)CO. The predicted molar refractivity (Wildman–Crippen MR) is 65.7 cm³/mol. The molecule has 4 nitrogen and oxygen atoms in total. The third kappa shape index (κ3) is 6.40. The number of rotatable bonds is 8. The highest BCUT2D eigenvalue weighted by molar-refractivity contribution is 7.99. The van der Waals surface area contributed by atoms with Crippen LogP contribution in [0.1, 0.15) is 27.2 Å². The van der Waals surface area contributed by atoms with Crippen LogP contribution in [0.25, 0.3) is 0 Å². The van der Waals surface area contributed by atoms with E-state index in [0.29, 0.717) is 0 Å². The van der Waals surface area contributed by atoms with Crippen LogP contribution in [0.2, 0.25) is 0 Å². The monoisotopic (exact) mass is 255 g/mol. The summed E-state index contributed by atoms with van der Waals surface area (Å²) in [6.45, 7) is 5.08. The summed E-state index contributed by atoms with van der Waals surface area (Å²) in [5.41, 5.74) is 0. The van der Waals surface area contributed by atoms with Crippen LogP contribution in [0, 0.1) is 0 Å². The lowest BCUT2D eigenvalue weighted by Crippen LogP contribution is -2.40. The quantitative estimate of drug-likeness (QED) is 0.630. The van der Waals surface area contributed by atoms with Crippen LogP contribution in [0.15, 0.2) is 0 Å². The summed E-state index contributed by atoms with van der Waals surface area (Å²) >= 11 is 1.79. The molecule has 2 unspecified atom stereocenters. The van der Waals surface area contributed by atoms with Gasteiger partial charge in [-0.15, -0.1) is 0 Å². The number of nitrogens with one attached hydrogen (secondary N) is 1. The van der Waals surface area contributed by atoms with Crippen LogP contribution < -0.4 is 4.72 Å². The van der Waals surface area contributed by atoms with E-state index in [0.717, 1.165) is 17.9 Å². The highest BCUT2D eigenvalue weighted by atomic mass is 32.2. The van der Waals surface area contributed by atoms with Gasteiger partial charge in [-0.3, -0.25) is 0 Å². The van der Waals surface area contributed by atoms with Gasteiger partial charge in [0.15, 0.2) is 0 Å². The average Bonchev–Trinajstić information content (AvgIpc) is 2.16. The van der Waals surface area contributed by atoms with Crippen molar-refractivity contribution in [3.63, 3.8) is 0 Å². The first-order chi connectivity index (χ1) is 6.94. The van der Waals surface area contributed by atoms with Gasteiger partial charge in [0.25, 0.3) is 0 Å². The molecule has 2 atom stereocenters. The summed E-state index contributed by atoms with van der Waals surface area (Å²) in [5, 5.41) is 8.04. The van der Waals surface area contributed by atoms with Gasteiger partial charge in [-0.1, -0.05) is 6.92 Å². The second kappa shape index (κ2) is 7.49. The molecule has 0 aliphatic heterocycles. The fraction of sp³-hybridized carbons (Fsp3) is 1.00. The molecular weight excluding hydrogens is 234 g/mol. The number of aliphatic hydroxyl groups is 1. The van der Waals surface area contributed by atoms with Crippen molar-refractivity contribution in [2.75, 3.05) is 18.1 Å². The highest BCUT2D eigenvalue weighted by Crippen LogP contribution is 2.06. The Morgan fingerprint density at radius 2 is 2.00 bits per heavy atom. The number of hydrogen-bond donors (Lipinski definition) is 2. The molecule has 0 aromatic heterocycles. The third-order valence-corrected chi connectivity index (χ3v) is 4.92. The van der Waals surface area contributed by atoms with E-state index < -0.39 is 15.3 Å². The summed E-state index contributed by atoms with van der Waals surface area (Å²) in [6, 6.07) is -0.0666. The van der Waals surface area contributed by atoms with E-state index >= 15 is 0 Å². The van der Waals surface area contributed by atoms with Gasteiger partial charge >= 0.3 is 0 Å². The summed E-state index contributed by atoms with van der Waals surface area (Å²) in [6.07, 6.45) is 0.815. The maximum absolute atomic E-state index is 11.5. The Hall–Kier alpha value is 0.220. The van der Waals surface area contributed by atoms with E-state index in [1.165, 1.54) is 6.92 Å². The molecule has 0 saturated carbocycles. The minimum Gasteiger partial charge on any atom is -0.395 e. The van der Waals surface area contributed by atoms with Crippen LogP contribution in [0.3, 0.4) is 0 Å². The number of sulfonamides is 1. The zero-order valence-electron chi connectivity index (χ0n) is 9.56. The van der Waals surface area contributed by atoms with E-state index in [2.05, 4.69) is 11.6 Å². The topological polar surface area (TPSA) is 66.4 Å². The van der Waals surface area contributed by atoms with Crippen molar-refractivity contribution in [3.8, 4) is 0 Å². The minimum atomic E-state index is -3.36. The lowest BCUT2D eigenvalue weighted by atomic mass is 10.3. The Morgan fingerprint density at radius 1 is 1.40 bits per heavy atom. The molecular formula is C9H21NO3S2. The molecule has 0 spiro atoms. The van der Waals surface area contributed by atoms with Crippen molar-refractivity contribution in [1.82, 2.24) is 4.72 Å². The minimum absolute atomic E-state index is 0.0666. The number of thioether (sulfide) groups is 1. The van der Waals surface area contributed by atoms with Crippen molar-refractivity contribution in [1.29, 1.82) is 0 Å². The van der Waals surface area contributed by atoms with Gasteiger partial charge in [-0.2, -0.15) is 11.8 Å². The molecule has 2 N–H and O–H groups in total. The normalized spacial score (nSPS) is 16.3. The molecule has 0 bridgehead atoms.